The summed E-state index contributed by atoms with van der Waals surface area (Å²) in [5.41, 5.74) is 7.21. The van der Waals surface area contributed by atoms with E-state index in [1.165, 1.54) is 6.07 Å². The van der Waals surface area contributed by atoms with Gasteiger partial charge in [0, 0.05) is 28.7 Å². The Morgan fingerprint density at radius 1 is 0.815 bits per heavy atom. The number of nitrogens with two attached hydrogens (primary N) is 1. The highest BCUT2D eigenvalue weighted by atomic mass is 19.4. The zero-order chi connectivity index (χ0) is 19.0. The Morgan fingerprint density at radius 2 is 1.59 bits per heavy atom. The molecule has 0 saturated heterocycles. The van der Waals surface area contributed by atoms with Gasteiger partial charge in [-0.1, -0.05) is 36.4 Å². The van der Waals surface area contributed by atoms with E-state index in [2.05, 4.69) is 15.2 Å². The van der Waals surface area contributed by atoms with Gasteiger partial charge in [-0.15, -0.1) is 10.2 Å². The van der Waals surface area contributed by atoms with Crippen LogP contribution < -0.4 is 5.73 Å². The number of fused-ring (bicyclic) bond motifs is 1. The van der Waals surface area contributed by atoms with Gasteiger partial charge in [0.05, 0.1) is 5.56 Å². The van der Waals surface area contributed by atoms with Crippen molar-refractivity contribution in [3.63, 3.8) is 0 Å². The Bertz CT molecular complexity index is 1130. The van der Waals surface area contributed by atoms with Crippen LogP contribution in [0.5, 0.6) is 0 Å². The van der Waals surface area contributed by atoms with Crippen LogP contribution in [0.25, 0.3) is 33.2 Å². The van der Waals surface area contributed by atoms with Crippen molar-refractivity contribution < 1.29 is 13.2 Å². The van der Waals surface area contributed by atoms with Gasteiger partial charge in [0.1, 0.15) is 5.69 Å². The second-order valence-corrected chi connectivity index (χ2v) is 5.98. The molecule has 0 saturated carbocycles. The Kier molecular flexibility index (Phi) is 3.99. The number of alkyl halides is 3. The Morgan fingerprint density at radius 3 is 2.33 bits per heavy atom. The molecule has 134 valence electrons. The topological polar surface area (TPSA) is 64.7 Å². The predicted molar refractivity (Wildman–Crippen MR) is 97.6 cm³/mol. The van der Waals surface area contributed by atoms with Gasteiger partial charge in [-0.25, -0.2) is 0 Å². The maximum atomic E-state index is 13.3. The van der Waals surface area contributed by atoms with Crippen molar-refractivity contribution in [3.05, 3.63) is 72.6 Å². The molecule has 27 heavy (non-hydrogen) atoms. The zero-order valence-corrected chi connectivity index (χ0v) is 13.9. The van der Waals surface area contributed by atoms with Crippen LogP contribution in [0.4, 0.5) is 19.0 Å². The van der Waals surface area contributed by atoms with E-state index in [0.29, 0.717) is 33.2 Å². The monoisotopic (exact) mass is 366 g/mol. The van der Waals surface area contributed by atoms with E-state index in [1.54, 1.807) is 48.8 Å². The zero-order valence-electron chi connectivity index (χ0n) is 13.9. The van der Waals surface area contributed by atoms with Crippen molar-refractivity contribution >= 4 is 16.6 Å². The van der Waals surface area contributed by atoms with Crippen molar-refractivity contribution in [2.75, 3.05) is 5.73 Å². The van der Waals surface area contributed by atoms with E-state index in [4.69, 9.17) is 5.73 Å². The Balaban J connectivity index is 2.03. The number of halogens is 3. The molecule has 0 bridgehead atoms. The van der Waals surface area contributed by atoms with E-state index in [9.17, 15) is 13.2 Å². The van der Waals surface area contributed by atoms with Gasteiger partial charge < -0.3 is 5.73 Å². The molecular formula is C20H13F3N4. The van der Waals surface area contributed by atoms with E-state index in [1.807, 2.05) is 0 Å². The second kappa shape index (κ2) is 6.35. The highest BCUT2D eigenvalue weighted by molar-refractivity contribution is 6.01. The molecule has 0 fully saturated rings. The van der Waals surface area contributed by atoms with Gasteiger partial charge in [-0.05, 0) is 29.3 Å². The number of rotatable bonds is 2. The average molecular weight is 366 g/mol. The summed E-state index contributed by atoms with van der Waals surface area (Å²) in [6, 6.07) is 14.2. The van der Waals surface area contributed by atoms with E-state index in [0.717, 1.165) is 12.1 Å². The summed E-state index contributed by atoms with van der Waals surface area (Å²) < 4.78 is 39.8. The lowest BCUT2D eigenvalue weighted by molar-refractivity contribution is -0.137. The van der Waals surface area contributed by atoms with Crippen LogP contribution in [0.3, 0.4) is 0 Å². The standard InChI is InChI=1S/C20H13F3N4/c21-20(22,23)13-6-7-14(16(10-13)12-4-2-1-3-5-12)18-15-8-9-25-11-17(15)19(24)27-26-18/h1-11H,(H2,24,27). The molecule has 4 nitrogen and oxygen atoms in total. The van der Waals surface area contributed by atoms with Crippen LogP contribution in [0, 0.1) is 0 Å². The molecule has 0 atom stereocenters. The number of anilines is 1. The van der Waals surface area contributed by atoms with Gasteiger partial charge in [-0.2, -0.15) is 13.2 Å². The molecule has 0 amide bonds. The van der Waals surface area contributed by atoms with Crippen LogP contribution in [0.1, 0.15) is 5.56 Å². The fourth-order valence-corrected chi connectivity index (χ4v) is 3.00. The van der Waals surface area contributed by atoms with Crippen LogP contribution >= 0.6 is 0 Å². The maximum Gasteiger partial charge on any atom is 0.416 e. The summed E-state index contributed by atoms with van der Waals surface area (Å²) in [6.07, 6.45) is -1.30. The van der Waals surface area contributed by atoms with Gasteiger partial charge in [0.25, 0.3) is 0 Å². The first-order chi connectivity index (χ1) is 12.9. The molecular weight excluding hydrogens is 353 g/mol. The lowest BCUT2D eigenvalue weighted by atomic mass is 9.93. The first-order valence-corrected chi connectivity index (χ1v) is 8.08. The Hall–Kier alpha value is -3.48. The molecule has 0 radical (unpaired) electrons. The van der Waals surface area contributed by atoms with Crippen molar-refractivity contribution in [2.45, 2.75) is 6.18 Å². The van der Waals surface area contributed by atoms with Crippen molar-refractivity contribution in [3.8, 4) is 22.4 Å². The van der Waals surface area contributed by atoms with Crippen LogP contribution in [0.2, 0.25) is 0 Å². The molecule has 0 aliphatic rings. The lowest BCUT2D eigenvalue weighted by Crippen LogP contribution is -2.06. The quantitative estimate of drug-likeness (QED) is 0.545. The van der Waals surface area contributed by atoms with E-state index < -0.39 is 11.7 Å². The molecule has 0 spiro atoms. The molecule has 2 N–H and O–H groups in total. The highest BCUT2D eigenvalue weighted by Gasteiger charge is 2.31. The van der Waals surface area contributed by atoms with E-state index in [-0.39, 0.29) is 5.82 Å². The number of aromatic nitrogens is 3. The molecule has 2 heterocycles. The summed E-state index contributed by atoms with van der Waals surface area (Å²) in [5, 5.41) is 9.40. The van der Waals surface area contributed by atoms with Gasteiger partial charge in [0.15, 0.2) is 5.82 Å². The minimum atomic E-state index is -4.44. The number of nitrogens with zero attached hydrogens (tertiary/aromatic N) is 3. The largest absolute Gasteiger partial charge is 0.416 e. The summed E-state index contributed by atoms with van der Waals surface area (Å²) in [7, 11) is 0. The smallest absolute Gasteiger partial charge is 0.382 e. The average Bonchev–Trinajstić information content (AvgIpc) is 2.68. The van der Waals surface area contributed by atoms with Gasteiger partial charge >= 0.3 is 6.18 Å². The molecule has 0 aliphatic carbocycles. The second-order valence-electron chi connectivity index (χ2n) is 5.98. The summed E-state index contributed by atoms with van der Waals surface area (Å²) in [6.45, 7) is 0. The van der Waals surface area contributed by atoms with Gasteiger partial charge in [0.2, 0.25) is 0 Å². The maximum absolute atomic E-state index is 13.3. The van der Waals surface area contributed by atoms with Crippen LogP contribution in [-0.2, 0) is 6.18 Å². The summed E-state index contributed by atoms with van der Waals surface area (Å²) in [5.74, 6) is 0.218. The third-order valence-electron chi connectivity index (χ3n) is 4.30. The molecule has 2 aromatic heterocycles. The summed E-state index contributed by atoms with van der Waals surface area (Å²) >= 11 is 0. The Labute approximate surface area is 152 Å². The normalized spacial score (nSPS) is 11.7. The minimum Gasteiger partial charge on any atom is -0.382 e. The number of hydrogen-bond donors (Lipinski definition) is 1. The molecule has 0 aliphatic heterocycles. The first-order valence-electron chi connectivity index (χ1n) is 8.08. The number of hydrogen-bond acceptors (Lipinski definition) is 4. The lowest BCUT2D eigenvalue weighted by Gasteiger charge is -2.15. The van der Waals surface area contributed by atoms with Gasteiger partial charge in [-0.3, -0.25) is 4.98 Å². The molecule has 2 aromatic carbocycles. The predicted octanol–water partition coefficient (Wildman–Crippen LogP) is 4.96. The first kappa shape index (κ1) is 17.0. The minimum absolute atomic E-state index is 0.218. The number of pyridine rings is 1. The van der Waals surface area contributed by atoms with Crippen molar-refractivity contribution in [1.29, 1.82) is 0 Å². The molecule has 4 aromatic rings. The number of benzene rings is 2. The van der Waals surface area contributed by atoms with Crippen LogP contribution in [-0.4, -0.2) is 15.2 Å². The highest BCUT2D eigenvalue weighted by Crippen LogP contribution is 2.39. The van der Waals surface area contributed by atoms with Crippen LogP contribution in [0.15, 0.2) is 67.0 Å². The third-order valence-corrected chi connectivity index (χ3v) is 4.30. The SMILES string of the molecule is Nc1nnc(-c2ccc(C(F)(F)F)cc2-c2ccccc2)c2ccncc12. The molecule has 0 unspecified atom stereocenters. The third kappa shape index (κ3) is 3.08. The summed E-state index contributed by atoms with van der Waals surface area (Å²) in [4.78, 5) is 4.04. The van der Waals surface area contributed by atoms with Crippen molar-refractivity contribution in [1.82, 2.24) is 15.2 Å². The fourth-order valence-electron chi connectivity index (χ4n) is 3.00. The van der Waals surface area contributed by atoms with E-state index >= 15 is 0 Å². The molecule has 4 rings (SSSR count). The number of nitrogen functional groups attached to an aromatic ring is 1. The van der Waals surface area contributed by atoms with Crippen molar-refractivity contribution in [2.24, 2.45) is 0 Å². The fraction of sp³-hybridized carbons (Fsp3) is 0.0500. The molecule has 7 heteroatoms.